The Balaban J connectivity index is 1.80. The SMILES string of the molecule is CCc1noc(C)c1C(=O)OC(C)C(=O)Nc1c(C)n(C)n(-c2ccccc2)c1=O. The van der Waals surface area contributed by atoms with Gasteiger partial charge in [-0.05, 0) is 39.3 Å². The third kappa shape index (κ3) is 3.78. The maximum absolute atomic E-state index is 12.9. The van der Waals surface area contributed by atoms with Crippen LogP contribution in [0.1, 0.15) is 41.4 Å². The van der Waals surface area contributed by atoms with Gasteiger partial charge in [0, 0.05) is 7.05 Å². The second kappa shape index (κ2) is 8.40. The topological polar surface area (TPSA) is 108 Å². The van der Waals surface area contributed by atoms with Crippen LogP contribution in [0.4, 0.5) is 5.69 Å². The van der Waals surface area contributed by atoms with Crippen molar-refractivity contribution in [1.29, 1.82) is 0 Å². The number of benzene rings is 1. The molecule has 2 heterocycles. The van der Waals surface area contributed by atoms with E-state index in [2.05, 4.69) is 10.5 Å². The number of carbonyl (C=O) groups excluding carboxylic acids is 2. The third-order valence-corrected chi connectivity index (χ3v) is 4.93. The molecule has 0 aliphatic carbocycles. The first kappa shape index (κ1) is 21.1. The number of hydrogen-bond acceptors (Lipinski definition) is 6. The van der Waals surface area contributed by atoms with E-state index in [9.17, 15) is 14.4 Å². The second-order valence-corrected chi connectivity index (χ2v) is 6.89. The summed E-state index contributed by atoms with van der Waals surface area (Å²) in [4.78, 5) is 38.0. The van der Waals surface area contributed by atoms with E-state index >= 15 is 0 Å². The molecule has 3 aromatic rings. The average Bonchev–Trinajstić information content (AvgIpc) is 3.21. The molecule has 158 valence electrons. The van der Waals surface area contributed by atoms with Crippen LogP contribution >= 0.6 is 0 Å². The Hall–Kier alpha value is -3.62. The molecule has 30 heavy (non-hydrogen) atoms. The van der Waals surface area contributed by atoms with E-state index in [1.807, 2.05) is 25.1 Å². The smallest absolute Gasteiger partial charge is 0.344 e. The van der Waals surface area contributed by atoms with Gasteiger partial charge in [-0.15, -0.1) is 0 Å². The molecule has 1 unspecified atom stereocenters. The van der Waals surface area contributed by atoms with Crippen molar-refractivity contribution < 1.29 is 18.8 Å². The van der Waals surface area contributed by atoms with E-state index in [1.54, 1.807) is 37.7 Å². The lowest BCUT2D eigenvalue weighted by Crippen LogP contribution is -2.32. The maximum atomic E-state index is 12.9. The van der Waals surface area contributed by atoms with Crippen LogP contribution in [-0.4, -0.2) is 32.5 Å². The number of hydrogen-bond donors (Lipinski definition) is 1. The predicted octanol–water partition coefficient (Wildman–Crippen LogP) is 2.53. The van der Waals surface area contributed by atoms with E-state index in [4.69, 9.17) is 9.26 Å². The first-order valence-electron chi connectivity index (χ1n) is 9.57. The Morgan fingerprint density at radius 1 is 1.23 bits per heavy atom. The minimum Gasteiger partial charge on any atom is -0.449 e. The Morgan fingerprint density at radius 3 is 2.53 bits per heavy atom. The quantitative estimate of drug-likeness (QED) is 0.623. The van der Waals surface area contributed by atoms with Gasteiger partial charge in [-0.1, -0.05) is 30.3 Å². The van der Waals surface area contributed by atoms with E-state index in [0.717, 1.165) is 0 Å². The van der Waals surface area contributed by atoms with Crippen LogP contribution in [0, 0.1) is 13.8 Å². The zero-order valence-electron chi connectivity index (χ0n) is 17.6. The highest BCUT2D eigenvalue weighted by atomic mass is 16.5. The highest BCUT2D eigenvalue weighted by Crippen LogP contribution is 2.17. The van der Waals surface area contributed by atoms with Crippen molar-refractivity contribution in [3.8, 4) is 5.69 Å². The minimum absolute atomic E-state index is 0.129. The number of ether oxygens (including phenoxy) is 1. The van der Waals surface area contributed by atoms with Gasteiger partial charge in [-0.2, -0.15) is 0 Å². The van der Waals surface area contributed by atoms with Crippen molar-refractivity contribution in [2.24, 2.45) is 7.05 Å². The van der Waals surface area contributed by atoms with Crippen molar-refractivity contribution in [2.45, 2.75) is 40.2 Å². The molecule has 0 aliphatic heterocycles. The van der Waals surface area contributed by atoms with E-state index in [0.29, 0.717) is 29.3 Å². The van der Waals surface area contributed by atoms with Crippen LogP contribution < -0.4 is 10.9 Å². The summed E-state index contributed by atoms with van der Waals surface area (Å²) in [6.45, 7) is 6.60. The molecular formula is C21H24N4O5. The molecule has 9 nitrogen and oxygen atoms in total. The summed E-state index contributed by atoms with van der Waals surface area (Å²) < 4.78 is 13.4. The molecule has 0 saturated heterocycles. The van der Waals surface area contributed by atoms with Gasteiger partial charge in [-0.25, -0.2) is 9.48 Å². The Kier molecular flexibility index (Phi) is 5.91. The second-order valence-electron chi connectivity index (χ2n) is 6.89. The molecule has 2 aromatic heterocycles. The Morgan fingerprint density at radius 2 is 1.90 bits per heavy atom. The number of para-hydroxylation sites is 1. The molecule has 0 radical (unpaired) electrons. The molecule has 0 spiro atoms. The molecule has 0 saturated carbocycles. The summed E-state index contributed by atoms with van der Waals surface area (Å²) in [5.74, 6) is -0.977. The molecule has 0 bridgehead atoms. The van der Waals surface area contributed by atoms with Gasteiger partial charge in [0.25, 0.3) is 11.5 Å². The van der Waals surface area contributed by atoms with Crippen LogP contribution in [0.15, 0.2) is 39.6 Å². The largest absolute Gasteiger partial charge is 0.449 e. The first-order chi connectivity index (χ1) is 14.3. The first-order valence-corrected chi connectivity index (χ1v) is 9.57. The summed E-state index contributed by atoms with van der Waals surface area (Å²) in [5.41, 5.74) is 1.68. The number of esters is 1. The van der Waals surface area contributed by atoms with Crippen molar-refractivity contribution in [3.05, 3.63) is 63.4 Å². The maximum Gasteiger partial charge on any atom is 0.344 e. The van der Waals surface area contributed by atoms with Crippen LogP contribution in [0.25, 0.3) is 5.69 Å². The summed E-state index contributed by atoms with van der Waals surface area (Å²) in [7, 11) is 1.73. The zero-order chi connectivity index (χ0) is 22.0. The van der Waals surface area contributed by atoms with Crippen molar-refractivity contribution in [1.82, 2.24) is 14.5 Å². The lowest BCUT2D eigenvalue weighted by molar-refractivity contribution is -0.123. The number of aryl methyl sites for hydroxylation is 2. The van der Waals surface area contributed by atoms with Crippen LogP contribution in [0.5, 0.6) is 0 Å². The molecule has 0 aliphatic rings. The summed E-state index contributed by atoms with van der Waals surface area (Å²) >= 11 is 0. The lowest BCUT2D eigenvalue weighted by Gasteiger charge is -2.13. The lowest BCUT2D eigenvalue weighted by atomic mass is 10.1. The fourth-order valence-corrected chi connectivity index (χ4v) is 3.13. The standard InChI is InChI=1S/C21H24N4O5/c1-6-16-17(13(3)30-23-16)21(28)29-14(4)19(26)22-18-12(2)24(5)25(20(18)27)15-10-8-7-9-11-15/h7-11,14H,6H2,1-5H3,(H,22,26). The molecule has 1 amide bonds. The van der Waals surface area contributed by atoms with Gasteiger partial charge in [0.1, 0.15) is 17.0 Å². The Bertz CT molecular complexity index is 1140. The molecule has 1 N–H and O–H groups in total. The van der Waals surface area contributed by atoms with E-state index < -0.39 is 18.0 Å². The molecule has 1 aromatic carbocycles. The monoisotopic (exact) mass is 412 g/mol. The Labute approximate surface area is 173 Å². The predicted molar refractivity (Wildman–Crippen MR) is 110 cm³/mol. The number of nitrogens with one attached hydrogen (secondary N) is 1. The normalized spacial score (nSPS) is 11.9. The van der Waals surface area contributed by atoms with E-state index in [1.165, 1.54) is 11.6 Å². The molecule has 1 atom stereocenters. The van der Waals surface area contributed by atoms with Crippen molar-refractivity contribution in [2.75, 3.05) is 5.32 Å². The number of aromatic nitrogens is 3. The zero-order valence-corrected chi connectivity index (χ0v) is 17.6. The van der Waals surface area contributed by atoms with Gasteiger partial charge in [0.05, 0.1) is 17.1 Å². The van der Waals surface area contributed by atoms with E-state index in [-0.39, 0.29) is 16.8 Å². The molecular weight excluding hydrogens is 388 g/mol. The van der Waals surface area contributed by atoms with Crippen LogP contribution in [0.3, 0.4) is 0 Å². The van der Waals surface area contributed by atoms with Gasteiger partial charge in [0.2, 0.25) is 0 Å². The third-order valence-electron chi connectivity index (χ3n) is 4.93. The van der Waals surface area contributed by atoms with Crippen LogP contribution in [0.2, 0.25) is 0 Å². The summed E-state index contributed by atoms with van der Waals surface area (Å²) in [5, 5.41) is 6.41. The number of nitrogens with zero attached hydrogens (tertiary/aromatic N) is 3. The van der Waals surface area contributed by atoms with Crippen LogP contribution in [-0.2, 0) is 23.0 Å². The summed E-state index contributed by atoms with van der Waals surface area (Å²) in [6, 6.07) is 9.08. The number of amides is 1. The van der Waals surface area contributed by atoms with Gasteiger partial charge in [-0.3, -0.25) is 14.3 Å². The highest BCUT2D eigenvalue weighted by Gasteiger charge is 2.27. The fourth-order valence-electron chi connectivity index (χ4n) is 3.13. The van der Waals surface area contributed by atoms with Gasteiger partial charge >= 0.3 is 5.97 Å². The average molecular weight is 412 g/mol. The molecule has 0 fully saturated rings. The van der Waals surface area contributed by atoms with Gasteiger partial charge in [0.15, 0.2) is 6.10 Å². The fraction of sp³-hybridized carbons (Fsp3) is 0.333. The molecule has 3 rings (SSSR count). The number of anilines is 1. The molecule has 9 heteroatoms. The highest BCUT2D eigenvalue weighted by molar-refractivity contribution is 5.98. The van der Waals surface area contributed by atoms with Gasteiger partial charge < -0.3 is 14.6 Å². The summed E-state index contributed by atoms with van der Waals surface area (Å²) in [6.07, 6.45) is -0.634. The van der Waals surface area contributed by atoms with Crippen molar-refractivity contribution >= 4 is 17.6 Å². The number of carbonyl (C=O) groups is 2. The van der Waals surface area contributed by atoms with Crippen molar-refractivity contribution in [3.63, 3.8) is 0 Å². The minimum atomic E-state index is -1.12. The number of rotatable bonds is 6.